The van der Waals surface area contributed by atoms with Crippen LogP contribution >= 0.6 is 0 Å². The zero-order chi connectivity index (χ0) is 17.2. The SMILES string of the molecule is OC(c1cccnn1)C1CCN(c2ccc(C(F)(F)F)nc2)CC1. The summed E-state index contributed by atoms with van der Waals surface area (Å²) in [6.07, 6.45) is -0.852. The molecule has 0 bridgehead atoms. The summed E-state index contributed by atoms with van der Waals surface area (Å²) in [4.78, 5) is 5.47. The largest absolute Gasteiger partial charge is 0.433 e. The summed E-state index contributed by atoms with van der Waals surface area (Å²) in [7, 11) is 0. The molecule has 0 saturated carbocycles. The number of aromatic nitrogens is 3. The van der Waals surface area contributed by atoms with Crippen molar-refractivity contribution in [2.45, 2.75) is 25.1 Å². The molecule has 1 saturated heterocycles. The average molecular weight is 338 g/mol. The van der Waals surface area contributed by atoms with E-state index < -0.39 is 18.0 Å². The molecule has 0 spiro atoms. The molecule has 2 aromatic rings. The van der Waals surface area contributed by atoms with Crippen LogP contribution in [-0.2, 0) is 6.18 Å². The lowest BCUT2D eigenvalue weighted by Gasteiger charge is -2.35. The molecular formula is C16H17F3N4O. The Kier molecular flexibility index (Phi) is 4.66. The van der Waals surface area contributed by atoms with Crippen LogP contribution in [0.15, 0.2) is 36.7 Å². The number of aliphatic hydroxyl groups is 1. The maximum absolute atomic E-state index is 12.5. The number of rotatable bonds is 3. The fourth-order valence-corrected chi connectivity index (χ4v) is 2.93. The van der Waals surface area contributed by atoms with Gasteiger partial charge in [0.1, 0.15) is 11.8 Å². The minimum absolute atomic E-state index is 0.0559. The predicted octanol–water partition coefficient (Wildman–Crippen LogP) is 2.84. The van der Waals surface area contributed by atoms with E-state index in [9.17, 15) is 18.3 Å². The van der Waals surface area contributed by atoms with Crippen molar-refractivity contribution < 1.29 is 18.3 Å². The number of aliphatic hydroxyl groups excluding tert-OH is 1. The van der Waals surface area contributed by atoms with E-state index in [4.69, 9.17) is 0 Å². The Morgan fingerprint density at radius 1 is 1.17 bits per heavy atom. The number of alkyl halides is 3. The number of hydrogen-bond donors (Lipinski definition) is 1. The van der Waals surface area contributed by atoms with Gasteiger partial charge in [-0.2, -0.15) is 23.4 Å². The highest BCUT2D eigenvalue weighted by Crippen LogP contribution is 2.32. The molecule has 0 amide bonds. The van der Waals surface area contributed by atoms with Crippen molar-refractivity contribution in [2.24, 2.45) is 5.92 Å². The second-order valence-electron chi connectivity index (χ2n) is 5.82. The van der Waals surface area contributed by atoms with Crippen molar-refractivity contribution in [1.82, 2.24) is 15.2 Å². The van der Waals surface area contributed by atoms with Crippen molar-refractivity contribution in [3.63, 3.8) is 0 Å². The van der Waals surface area contributed by atoms with Crippen LogP contribution < -0.4 is 4.90 Å². The van der Waals surface area contributed by atoms with Crippen LogP contribution in [-0.4, -0.2) is 33.4 Å². The van der Waals surface area contributed by atoms with Crippen molar-refractivity contribution in [1.29, 1.82) is 0 Å². The fourth-order valence-electron chi connectivity index (χ4n) is 2.93. The molecule has 0 aliphatic carbocycles. The summed E-state index contributed by atoms with van der Waals surface area (Å²) in [6, 6.07) is 5.91. The van der Waals surface area contributed by atoms with E-state index in [1.165, 1.54) is 12.3 Å². The third kappa shape index (κ3) is 3.64. The van der Waals surface area contributed by atoms with Crippen molar-refractivity contribution in [3.05, 3.63) is 48.0 Å². The molecule has 1 aliphatic heterocycles. The van der Waals surface area contributed by atoms with Gasteiger partial charge in [0.2, 0.25) is 0 Å². The molecule has 1 fully saturated rings. The standard InChI is InChI=1S/C16H17F3N4O/c17-16(18,19)14-4-3-12(10-20-14)23-8-5-11(6-9-23)15(24)13-2-1-7-21-22-13/h1-4,7,10-11,15,24H,5-6,8-9H2. The lowest BCUT2D eigenvalue weighted by molar-refractivity contribution is -0.141. The highest BCUT2D eigenvalue weighted by Gasteiger charge is 2.32. The first kappa shape index (κ1) is 16.6. The van der Waals surface area contributed by atoms with Crippen LogP contribution in [0, 0.1) is 5.92 Å². The Bertz CT molecular complexity index is 655. The monoisotopic (exact) mass is 338 g/mol. The van der Waals surface area contributed by atoms with E-state index in [1.54, 1.807) is 18.3 Å². The van der Waals surface area contributed by atoms with Gasteiger partial charge in [0.25, 0.3) is 0 Å². The van der Waals surface area contributed by atoms with Crippen LogP contribution in [0.4, 0.5) is 18.9 Å². The van der Waals surface area contributed by atoms with Gasteiger partial charge in [-0.1, -0.05) is 0 Å². The lowest BCUT2D eigenvalue weighted by atomic mass is 9.89. The smallest absolute Gasteiger partial charge is 0.386 e. The molecule has 24 heavy (non-hydrogen) atoms. The van der Waals surface area contributed by atoms with E-state index >= 15 is 0 Å². The number of nitrogens with zero attached hydrogens (tertiary/aromatic N) is 4. The molecule has 2 aromatic heterocycles. The third-order valence-electron chi connectivity index (χ3n) is 4.29. The first-order valence-electron chi connectivity index (χ1n) is 7.69. The topological polar surface area (TPSA) is 62.1 Å². The Balaban J connectivity index is 1.61. The number of piperidine rings is 1. The lowest BCUT2D eigenvalue weighted by Crippen LogP contribution is -2.36. The normalized spacial score (nSPS) is 17.8. The fraction of sp³-hybridized carbons (Fsp3) is 0.438. The van der Waals surface area contributed by atoms with Gasteiger partial charge < -0.3 is 10.0 Å². The van der Waals surface area contributed by atoms with E-state index in [-0.39, 0.29) is 5.92 Å². The number of halogens is 3. The van der Waals surface area contributed by atoms with Gasteiger partial charge in [0.15, 0.2) is 0 Å². The molecule has 8 heteroatoms. The van der Waals surface area contributed by atoms with E-state index in [0.29, 0.717) is 24.5 Å². The zero-order valence-corrected chi connectivity index (χ0v) is 12.8. The van der Waals surface area contributed by atoms with Gasteiger partial charge in [-0.15, -0.1) is 0 Å². The second-order valence-corrected chi connectivity index (χ2v) is 5.82. The predicted molar refractivity (Wildman–Crippen MR) is 81.2 cm³/mol. The average Bonchev–Trinajstić information content (AvgIpc) is 2.61. The maximum Gasteiger partial charge on any atom is 0.433 e. The Morgan fingerprint density at radius 2 is 1.92 bits per heavy atom. The minimum Gasteiger partial charge on any atom is -0.386 e. The molecule has 1 atom stereocenters. The number of hydrogen-bond acceptors (Lipinski definition) is 5. The van der Waals surface area contributed by atoms with Gasteiger partial charge >= 0.3 is 6.18 Å². The minimum atomic E-state index is -4.42. The molecule has 3 rings (SSSR count). The molecule has 1 unspecified atom stereocenters. The third-order valence-corrected chi connectivity index (χ3v) is 4.29. The van der Waals surface area contributed by atoms with Crippen LogP contribution in [0.3, 0.4) is 0 Å². The molecule has 128 valence electrons. The molecular weight excluding hydrogens is 321 g/mol. The van der Waals surface area contributed by atoms with E-state index in [0.717, 1.165) is 18.9 Å². The van der Waals surface area contributed by atoms with Crippen molar-refractivity contribution in [3.8, 4) is 0 Å². The Morgan fingerprint density at radius 3 is 2.46 bits per heavy atom. The van der Waals surface area contributed by atoms with Crippen LogP contribution in [0.1, 0.15) is 30.3 Å². The zero-order valence-electron chi connectivity index (χ0n) is 12.8. The summed E-state index contributed by atoms with van der Waals surface area (Å²) < 4.78 is 37.6. The van der Waals surface area contributed by atoms with Gasteiger partial charge in [-0.05, 0) is 43.0 Å². The molecule has 5 nitrogen and oxygen atoms in total. The van der Waals surface area contributed by atoms with E-state index in [1.807, 2.05) is 4.90 Å². The summed E-state index contributed by atoms with van der Waals surface area (Å²) in [5, 5.41) is 18.1. The van der Waals surface area contributed by atoms with Gasteiger partial charge in [-0.25, -0.2) is 4.98 Å². The van der Waals surface area contributed by atoms with Crippen molar-refractivity contribution >= 4 is 5.69 Å². The van der Waals surface area contributed by atoms with Crippen LogP contribution in [0.2, 0.25) is 0 Å². The maximum atomic E-state index is 12.5. The first-order chi connectivity index (χ1) is 11.4. The van der Waals surface area contributed by atoms with Gasteiger partial charge in [0, 0.05) is 19.3 Å². The quantitative estimate of drug-likeness (QED) is 0.932. The van der Waals surface area contributed by atoms with Gasteiger partial charge in [0.05, 0.1) is 17.6 Å². The highest BCUT2D eigenvalue weighted by atomic mass is 19.4. The number of anilines is 1. The summed E-state index contributed by atoms with van der Waals surface area (Å²) in [5.41, 5.74) is 0.321. The number of pyridine rings is 1. The molecule has 1 N–H and O–H groups in total. The van der Waals surface area contributed by atoms with E-state index in [2.05, 4.69) is 15.2 Å². The summed E-state index contributed by atoms with van der Waals surface area (Å²) >= 11 is 0. The van der Waals surface area contributed by atoms with Crippen LogP contribution in [0.5, 0.6) is 0 Å². The molecule has 0 aromatic carbocycles. The van der Waals surface area contributed by atoms with Crippen molar-refractivity contribution in [2.75, 3.05) is 18.0 Å². The Labute approximate surface area is 137 Å². The molecule has 1 aliphatic rings. The summed E-state index contributed by atoms with van der Waals surface area (Å²) in [6.45, 7) is 1.30. The Hall–Kier alpha value is -2.22. The van der Waals surface area contributed by atoms with Gasteiger partial charge in [-0.3, -0.25) is 0 Å². The molecule has 3 heterocycles. The first-order valence-corrected chi connectivity index (χ1v) is 7.69. The summed E-state index contributed by atoms with van der Waals surface area (Å²) in [5.74, 6) is 0.0559. The molecule has 0 radical (unpaired) electrons. The highest BCUT2D eigenvalue weighted by molar-refractivity contribution is 5.45. The van der Waals surface area contributed by atoms with Crippen LogP contribution in [0.25, 0.3) is 0 Å². The second kappa shape index (κ2) is 6.72.